The van der Waals surface area contributed by atoms with Gasteiger partial charge in [0.1, 0.15) is 5.82 Å². The molecule has 0 saturated heterocycles. The molecular weight excluding hydrogens is 353 g/mol. The maximum Gasteiger partial charge on any atom is 0.124 e. The van der Waals surface area contributed by atoms with Gasteiger partial charge in [0.2, 0.25) is 0 Å². The number of aliphatic hydroxyl groups is 1. The van der Waals surface area contributed by atoms with Crippen LogP contribution in [0.1, 0.15) is 54.6 Å². The summed E-state index contributed by atoms with van der Waals surface area (Å²) in [4.78, 5) is 4.87. The molecule has 5 heteroatoms. The molecule has 1 aliphatic rings. The lowest BCUT2D eigenvalue weighted by Gasteiger charge is -2.22. The van der Waals surface area contributed by atoms with E-state index in [9.17, 15) is 9.50 Å². The number of hydrogen-bond acceptors (Lipinski definition) is 3. The molecule has 0 unspecified atom stereocenters. The first-order valence-electron chi connectivity index (χ1n) is 8.80. The summed E-state index contributed by atoms with van der Waals surface area (Å²) in [6.45, 7) is 6.34. The maximum atomic E-state index is 13.6. The average Bonchev–Trinajstić information content (AvgIpc) is 3.46. The van der Waals surface area contributed by atoms with E-state index in [1.165, 1.54) is 12.1 Å². The van der Waals surface area contributed by atoms with Crippen LogP contribution in [0.5, 0.6) is 0 Å². The third-order valence-corrected chi connectivity index (χ3v) is 5.12. The van der Waals surface area contributed by atoms with Gasteiger partial charge in [-0.05, 0) is 48.6 Å². The third kappa shape index (κ3) is 3.54. The molecule has 1 N–H and O–H groups in total. The second-order valence-electron chi connectivity index (χ2n) is 6.62. The number of ether oxygens (including phenoxy) is 1. The highest BCUT2D eigenvalue weighted by molar-refractivity contribution is 6.33. The average molecular weight is 376 g/mol. The maximum absolute atomic E-state index is 13.6. The van der Waals surface area contributed by atoms with E-state index >= 15 is 0 Å². The Morgan fingerprint density at radius 1 is 1.38 bits per heavy atom. The molecule has 0 atom stereocenters. The molecule has 26 heavy (non-hydrogen) atoms. The van der Waals surface area contributed by atoms with Crippen molar-refractivity contribution in [2.45, 2.75) is 45.3 Å². The van der Waals surface area contributed by atoms with Crippen LogP contribution in [0.25, 0.3) is 16.7 Å². The van der Waals surface area contributed by atoms with E-state index in [1.807, 2.05) is 6.92 Å². The molecule has 2 aromatic rings. The zero-order chi connectivity index (χ0) is 18.8. The van der Waals surface area contributed by atoms with Crippen LogP contribution in [0.15, 0.2) is 24.8 Å². The molecule has 1 aromatic heterocycles. The summed E-state index contributed by atoms with van der Waals surface area (Å²) in [7, 11) is 1.61. The molecular formula is C21H23ClFNO2. The zero-order valence-electron chi connectivity index (χ0n) is 15.1. The molecule has 0 radical (unpaired) electrons. The monoisotopic (exact) mass is 375 g/mol. The van der Waals surface area contributed by atoms with Crippen LogP contribution in [0.3, 0.4) is 0 Å². The number of pyridine rings is 1. The number of aliphatic hydroxyl groups excluding tert-OH is 1. The largest absolute Gasteiger partial charge is 0.392 e. The minimum absolute atomic E-state index is 0.155. The molecule has 138 valence electrons. The molecule has 1 aromatic carbocycles. The van der Waals surface area contributed by atoms with Crippen molar-refractivity contribution in [3.8, 4) is 11.1 Å². The molecule has 1 fully saturated rings. The summed E-state index contributed by atoms with van der Waals surface area (Å²) in [6.07, 6.45) is 2.86. The van der Waals surface area contributed by atoms with Crippen LogP contribution in [0.4, 0.5) is 4.39 Å². The van der Waals surface area contributed by atoms with Crippen molar-refractivity contribution in [2.24, 2.45) is 0 Å². The van der Waals surface area contributed by atoms with E-state index < -0.39 is 5.82 Å². The van der Waals surface area contributed by atoms with Gasteiger partial charge in [0.15, 0.2) is 0 Å². The minimum Gasteiger partial charge on any atom is -0.392 e. The first-order valence-corrected chi connectivity index (χ1v) is 9.18. The van der Waals surface area contributed by atoms with Gasteiger partial charge < -0.3 is 9.84 Å². The standard InChI is InChI=1S/C21H23ClFNO2/c1-4-12(2)20-17(11-26-3)19(15-8-7-14(23)9-18(15)22)16(10-25)21(24-20)13-5-6-13/h7-9,13,25H,2,4-6,10-11H2,1,3H3. The predicted molar refractivity (Wildman–Crippen MR) is 103 cm³/mol. The molecule has 3 nitrogen and oxygen atoms in total. The van der Waals surface area contributed by atoms with Crippen molar-refractivity contribution in [1.29, 1.82) is 0 Å². The van der Waals surface area contributed by atoms with Gasteiger partial charge in [-0.25, -0.2) is 4.39 Å². The topological polar surface area (TPSA) is 42.4 Å². The van der Waals surface area contributed by atoms with E-state index in [0.717, 1.165) is 52.9 Å². The molecule has 0 bridgehead atoms. The number of nitrogens with zero attached hydrogens (tertiary/aromatic N) is 1. The fourth-order valence-corrected chi connectivity index (χ4v) is 3.56. The van der Waals surface area contributed by atoms with E-state index in [0.29, 0.717) is 23.1 Å². The van der Waals surface area contributed by atoms with Crippen molar-refractivity contribution >= 4 is 17.2 Å². The Hall–Kier alpha value is -1.75. The van der Waals surface area contributed by atoms with Crippen molar-refractivity contribution in [1.82, 2.24) is 4.98 Å². The Bertz CT molecular complexity index is 846. The van der Waals surface area contributed by atoms with Crippen LogP contribution < -0.4 is 0 Å². The van der Waals surface area contributed by atoms with E-state index in [2.05, 4.69) is 6.58 Å². The number of aromatic nitrogens is 1. The van der Waals surface area contributed by atoms with Crippen molar-refractivity contribution in [2.75, 3.05) is 7.11 Å². The number of methoxy groups -OCH3 is 1. The van der Waals surface area contributed by atoms with Gasteiger partial charge in [-0.15, -0.1) is 0 Å². The summed E-state index contributed by atoms with van der Waals surface area (Å²) in [5.41, 5.74) is 5.65. The highest BCUT2D eigenvalue weighted by Crippen LogP contribution is 2.46. The quantitative estimate of drug-likeness (QED) is 0.696. The van der Waals surface area contributed by atoms with Crippen LogP contribution in [0.2, 0.25) is 5.02 Å². The zero-order valence-corrected chi connectivity index (χ0v) is 15.9. The second kappa shape index (κ2) is 7.87. The fraction of sp³-hybridized carbons (Fsp3) is 0.381. The summed E-state index contributed by atoms with van der Waals surface area (Å²) < 4.78 is 19.0. The van der Waals surface area contributed by atoms with Crippen LogP contribution in [0, 0.1) is 5.82 Å². The molecule has 0 spiro atoms. The van der Waals surface area contributed by atoms with Gasteiger partial charge in [0.25, 0.3) is 0 Å². The van der Waals surface area contributed by atoms with Crippen LogP contribution in [-0.2, 0) is 18.0 Å². The van der Waals surface area contributed by atoms with Crippen molar-refractivity contribution in [3.63, 3.8) is 0 Å². The number of benzene rings is 1. The van der Waals surface area contributed by atoms with Crippen LogP contribution >= 0.6 is 11.6 Å². The lowest BCUT2D eigenvalue weighted by Crippen LogP contribution is -2.10. The Labute approximate surface area is 158 Å². The molecule has 1 saturated carbocycles. The van der Waals surface area contributed by atoms with Gasteiger partial charge in [-0.3, -0.25) is 4.98 Å². The predicted octanol–water partition coefficient (Wildman–Crippen LogP) is 5.48. The normalized spacial score (nSPS) is 13.9. The van der Waals surface area contributed by atoms with Crippen molar-refractivity contribution < 1.29 is 14.2 Å². The highest BCUT2D eigenvalue weighted by atomic mass is 35.5. The van der Waals surface area contributed by atoms with Gasteiger partial charge >= 0.3 is 0 Å². The molecule has 0 amide bonds. The smallest absolute Gasteiger partial charge is 0.124 e. The first-order chi connectivity index (χ1) is 12.5. The number of allylic oxidation sites excluding steroid dienone is 1. The van der Waals surface area contributed by atoms with Gasteiger partial charge in [-0.2, -0.15) is 0 Å². The van der Waals surface area contributed by atoms with Crippen molar-refractivity contribution in [3.05, 3.63) is 58.1 Å². The number of rotatable bonds is 7. The van der Waals surface area contributed by atoms with Gasteiger partial charge in [0.05, 0.1) is 29.6 Å². The second-order valence-corrected chi connectivity index (χ2v) is 7.03. The summed E-state index contributed by atoms with van der Waals surface area (Å²) in [6, 6.07) is 4.32. The summed E-state index contributed by atoms with van der Waals surface area (Å²) >= 11 is 6.37. The highest BCUT2D eigenvalue weighted by Gasteiger charge is 2.32. The lowest BCUT2D eigenvalue weighted by molar-refractivity contribution is 0.184. The Morgan fingerprint density at radius 2 is 2.12 bits per heavy atom. The lowest BCUT2D eigenvalue weighted by atomic mass is 9.89. The van der Waals surface area contributed by atoms with E-state index in [-0.39, 0.29) is 6.61 Å². The van der Waals surface area contributed by atoms with Gasteiger partial charge in [-0.1, -0.05) is 25.1 Å². The Morgan fingerprint density at radius 3 is 2.65 bits per heavy atom. The minimum atomic E-state index is -0.396. The third-order valence-electron chi connectivity index (χ3n) is 4.80. The summed E-state index contributed by atoms with van der Waals surface area (Å²) in [5, 5.41) is 10.4. The molecule has 0 aliphatic heterocycles. The van der Waals surface area contributed by atoms with E-state index in [1.54, 1.807) is 13.2 Å². The molecule has 1 heterocycles. The fourth-order valence-electron chi connectivity index (χ4n) is 3.30. The first kappa shape index (κ1) is 19.0. The SMILES string of the molecule is C=C(CC)c1nc(C2CC2)c(CO)c(-c2ccc(F)cc2Cl)c1COC. The van der Waals surface area contributed by atoms with Gasteiger partial charge in [0, 0.05) is 29.7 Å². The number of hydrogen-bond donors (Lipinski definition) is 1. The van der Waals surface area contributed by atoms with Crippen LogP contribution in [-0.4, -0.2) is 17.2 Å². The number of halogens is 2. The Kier molecular flexibility index (Phi) is 5.76. The summed E-state index contributed by atoms with van der Waals surface area (Å²) in [5.74, 6) is -0.0534. The van der Waals surface area contributed by atoms with E-state index in [4.69, 9.17) is 21.3 Å². The molecule has 3 rings (SSSR count). The molecule has 1 aliphatic carbocycles. The Balaban J connectivity index is 2.37.